The van der Waals surface area contributed by atoms with Gasteiger partial charge in [-0.3, -0.25) is 4.79 Å². The number of nitrogens with zero attached hydrogens (tertiary/aromatic N) is 1. The van der Waals surface area contributed by atoms with E-state index < -0.39 is 0 Å². The van der Waals surface area contributed by atoms with Crippen molar-refractivity contribution in [3.8, 4) is 0 Å². The highest BCUT2D eigenvalue weighted by molar-refractivity contribution is 7.80. The molecule has 1 aromatic carbocycles. The molecule has 0 unspecified atom stereocenters. The number of pyridine rings is 1. The summed E-state index contributed by atoms with van der Waals surface area (Å²) in [6.07, 6.45) is 0.939. The fourth-order valence-corrected chi connectivity index (χ4v) is 2.85. The van der Waals surface area contributed by atoms with Crippen LogP contribution in [0.5, 0.6) is 0 Å². The molecule has 25 heavy (non-hydrogen) atoms. The summed E-state index contributed by atoms with van der Waals surface area (Å²) in [6.45, 7) is 3.85. The Balaban J connectivity index is 2.23. The summed E-state index contributed by atoms with van der Waals surface area (Å²) in [7, 11) is 1.62. The smallest absolute Gasteiger partial charge is 0.253 e. The second-order valence-electron chi connectivity index (χ2n) is 5.77. The number of thiocarbonyl (C=S) groups is 1. The van der Waals surface area contributed by atoms with Crippen LogP contribution in [0.15, 0.2) is 29.1 Å². The number of aromatic nitrogens is 1. The molecule has 3 N–H and O–H groups in total. The summed E-state index contributed by atoms with van der Waals surface area (Å²) in [4.78, 5) is 17.1. The summed E-state index contributed by atoms with van der Waals surface area (Å²) in [5, 5.41) is 13.9. The van der Waals surface area contributed by atoms with Gasteiger partial charge in [0.05, 0.1) is 19.8 Å². The Morgan fingerprint density at radius 3 is 2.88 bits per heavy atom. The van der Waals surface area contributed by atoms with Crippen molar-refractivity contribution in [2.45, 2.75) is 19.9 Å². The van der Waals surface area contributed by atoms with Crippen LogP contribution in [0.3, 0.4) is 0 Å². The number of methoxy groups -OCH3 is 1. The van der Waals surface area contributed by atoms with E-state index in [1.54, 1.807) is 12.0 Å². The molecule has 0 aliphatic carbocycles. The Morgan fingerprint density at radius 1 is 1.40 bits per heavy atom. The molecule has 0 fully saturated rings. The maximum absolute atomic E-state index is 12.4. The molecule has 2 rings (SSSR count). The molecule has 0 saturated carbocycles. The van der Waals surface area contributed by atoms with E-state index in [9.17, 15) is 9.90 Å². The zero-order valence-electron chi connectivity index (χ0n) is 14.7. The normalized spacial score (nSPS) is 10.8. The quantitative estimate of drug-likeness (QED) is 0.486. The lowest BCUT2D eigenvalue weighted by molar-refractivity contribution is 0.201. The number of aromatic amines is 1. The van der Waals surface area contributed by atoms with Crippen LogP contribution < -0.4 is 10.9 Å². The van der Waals surface area contributed by atoms with Gasteiger partial charge in [0, 0.05) is 31.3 Å². The third-order valence-electron chi connectivity index (χ3n) is 3.99. The van der Waals surface area contributed by atoms with Crippen LogP contribution >= 0.6 is 12.2 Å². The van der Waals surface area contributed by atoms with Crippen LogP contribution in [0.25, 0.3) is 10.9 Å². The van der Waals surface area contributed by atoms with Gasteiger partial charge in [0.15, 0.2) is 5.11 Å². The second kappa shape index (κ2) is 9.50. The van der Waals surface area contributed by atoms with Gasteiger partial charge in [-0.05, 0) is 47.8 Å². The first-order valence-corrected chi connectivity index (χ1v) is 8.77. The maximum atomic E-state index is 12.4. The number of aliphatic hydroxyl groups is 1. The van der Waals surface area contributed by atoms with Gasteiger partial charge in [-0.2, -0.15) is 0 Å². The second-order valence-corrected chi connectivity index (χ2v) is 6.16. The summed E-state index contributed by atoms with van der Waals surface area (Å²) >= 11 is 5.37. The molecule has 0 aliphatic rings. The van der Waals surface area contributed by atoms with Gasteiger partial charge in [0.2, 0.25) is 0 Å². The van der Waals surface area contributed by atoms with Gasteiger partial charge in [-0.1, -0.05) is 13.0 Å². The van der Waals surface area contributed by atoms with Crippen LogP contribution in [0.2, 0.25) is 0 Å². The van der Waals surface area contributed by atoms with Crippen molar-refractivity contribution in [2.24, 2.45) is 0 Å². The van der Waals surface area contributed by atoms with Crippen molar-refractivity contribution in [3.05, 3.63) is 45.7 Å². The van der Waals surface area contributed by atoms with Gasteiger partial charge in [0.25, 0.3) is 5.56 Å². The lowest BCUT2D eigenvalue weighted by Gasteiger charge is -2.25. The van der Waals surface area contributed by atoms with Gasteiger partial charge in [-0.15, -0.1) is 0 Å². The van der Waals surface area contributed by atoms with Crippen LogP contribution in [-0.4, -0.2) is 53.5 Å². The first kappa shape index (κ1) is 19.4. The average molecular weight is 363 g/mol. The fraction of sp³-hybridized carbons (Fsp3) is 0.444. The number of ether oxygens (including phenoxy) is 1. The Bertz CT molecular complexity index is 776. The SMILES string of the molecule is CCc1ccc2[nH]c(=O)c(CN(CCO)C(=S)NCCOC)cc2c1. The van der Waals surface area contributed by atoms with Crippen LogP contribution in [0, 0.1) is 0 Å². The fourth-order valence-electron chi connectivity index (χ4n) is 2.59. The van der Waals surface area contributed by atoms with E-state index in [1.807, 2.05) is 18.2 Å². The standard InChI is InChI=1S/C18H25N3O3S/c1-3-13-4-5-16-14(10-13)11-15(17(23)20-16)12-21(7-8-22)18(25)19-6-9-24-2/h4-5,10-11,22H,3,6-9,12H2,1-2H3,(H,19,25)(H,20,23). The highest BCUT2D eigenvalue weighted by Crippen LogP contribution is 2.15. The van der Waals surface area contributed by atoms with Crippen LogP contribution in [-0.2, 0) is 17.7 Å². The molecule has 136 valence electrons. The minimum atomic E-state index is -0.139. The van der Waals surface area contributed by atoms with E-state index in [2.05, 4.69) is 23.3 Å². The van der Waals surface area contributed by atoms with Gasteiger partial charge < -0.3 is 25.0 Å². The molecule has 7 heteroatoms. The Hall–Kier alpha value is -1.96. The number of H-pyrrole nitrogens is 1. The molecule has 0 atom stereocenters. The Kier molecular flexibility index (Phi) is 7.36. The number of aliphatic hydroxyl groups excluding tert-OH is 1. The van der Waals surface area contributed by atoms with Crippen molar-refractivity contribution in [2.75, 3.05) is 33.4 Å². The predicted octanol–water partition coefficient (Wildman–Crippen LogP) is 1.41. The minimum Gasteiger partial charge on any atom is -0.395 e. The Morgan fingerprint density at radius 2 is 2.20 bits per heavy atom. The lowest BCUT2D eigenvalue weighted by atomic mass is 10.1. The molecule has 0 amide bonds. The van der Waals surface area contributed by atoms with E-state index in [1.165, 1.54) is 5.56 Å². The average Bonchev–Trinajstić information content (AvgIpc) is 2.61. The molecule has 0 saturated heterocycles. The summed E-state index contributed by atoms with van der Waals surface area (Å²) < 4.78 is 4.99. The third-order valence-corrected chi connectivity index (χ3v) is 4.40. The van der Waals surface area contributed by atoms with Gasteiger partial charge in [-0.25, -0.2) is 0 Å². The molecule has 0 spiro atoms. The van der Waals surface area contributed by atoms with Crippen molar-refractivity contribution in [1.29, 1.82) is 0 Å². The topological polar surface area (TPSA) is 77.6 Å². The largest absolute Gasteiger partial charge is 0.395 e. The van der Waals surface area contributed by atoms with Crippen LogP contribution in [0.1, 0.15) is 18.1 Å². The predicted molar refractivity (Wildman–Crippen MR) is 104 cm³/mol. The number of aryl methyl sites for hydroxylation is 1. The van der Waals surface area contributed by atoms with Crippen LogP contribution in [0.4, 0.5) is 0 Å². The molecule has 0 radical (unpaired) electrons. The molecular formula is C18H25N3O3S. The number of hydrogen-bond acceptors (Lipinski definition) is 4. The molecule has 2 aromatic rings. The molecule has 1 heterocycles. The highest BCUT2D eigenvalue weighted by Gasteiger charge is 2.13. The van der Waals surface area contributed by atoms with E-state index in [0.717, 1.165) is 17.3 Å². The first-order chi connectivity index (χ1) is 12.1. The zero-order chi connectivity index (χ0) is 18.2. The monoisotopic (exact) mass is 363 g/mol. The number of rotatable bonds is 8. The van der Waals surface area contributed by atoms with Gasteiger partial charge in [0.1, 0.15) is 0 Å². The maximum Gasteiger partial charge on any atom is 0.253 e. The Labute approximate surface area is 152 Å². The molecule has 0 bridgehead atoms. The molecule has 6 nitrogen and oxygen atoms in total. The summed E-state index contributed by atoms with van der Waals surface area (Å²) in [5.41, 5.74) is 2.51. The van der Waals surface area contributed by atoms with Crippen molar-refractivity contribution >= 4 is 28.2 Å². The minimum absolute atomic E-state index is 0.0441. The molecular weight excluding hydrogens is 338 g/mol. The summed E-state index contributed by atoms with van der Waals surface area (Å²) in [5.74, 6) is 0. The van der Waals surface area contributed by atoms with Crippen molar-refractivity contribution < 1.29 is 9.84 Å². The highest BCUT2D eigenvalue weighted by atomic mass is 32.1. The van der Waals surface area contributed by atoms with E-state index in [4.69, 9.17) is 17.0 Å². The summed E-state index contributed by atoms with van der Waals surface area (Å²) in [6, 6.07) is 7.93. The van der Waals surface area contributed by atoms with E-state index in [-0.39, 0.29) is 12.2 Å². The zero-order valence-corrected chi connectivity index (χ0v) is 15.5. The number of hydrogen-bond donors (Lipinski definition) is 3. The van der Waals surface area contributed by atoms with Gasteiger partial charge >= 0.3 is 0 Å². The van der Waals surface area contributed by atoms with E-state index in [0.29, 0.717) is 36.9 Å². The van der Waals surface area contributed by atoms with Crippen molar-refractivity contribution in [3.63, 3.8) is 0 Å². The number of nitrogens with one attached hydrogen (secondary N) is 2. The van der Waals surface area contributed by atoms with E-state index >= 15 is 0 Å². The molecule has 0 aliphatic heterocycles. The number of benzene rings is 1. The molecule has 1 aromatic heterocycles. The number of fused-ring (bicyclic) bond motifs is 1. The first-order valence-electron chi connectivity index (χ1n) is 8.36. The lowest BCUT2D eigenvalue weighted by Crippen LogP contribution is -2.42. The van der Waals surface area contributed by atoms with Crippen molar-refractivity contribution in [1.82, 2.24) is 15.2 Å². The third kappa shape index (κ3) is 5.26.